The molecule has 0 fully saturated rings. The van der Waals surface area contributed by atoms with E-state index in [1.165, 1.54) is 5.56 Å². The van der Waals surface area contributed by atoms with E-state index in [9.17, 15) is 0 Å². The topological polar surface area (TPSA) is 38.9 Å². The van der Waals surface area contributed by atoms with Gasteiger partial charge < -0.3 is 4.52 Å². The fourth-order valence-electron chi connectivity index (χ4n) is 2.38. The zero-order chi connectivity index (χ0) is 13.4. The van der Waals surface area contributed by atoms with Crippen molar-refractivity contribution in [3.05, 3.63) is 47.9 Å². The summed E-state index contributed by atoms with van der Waals surface area (Å²) in [6.45, 7) is 6.39. The van der Waals surface area contributed by atoms with Crippen LogP contribution in [0.2, 0.25) is 0 Å². The zero-order valence-electron chi connectivity index (χ0n) is 11.3. The van der Waals surface area contributed by atoms with Crippen molar-refractivity contribution in [2.75, 3.05) is 0 Å². The Morgan fingerprint density at radius 2 is 1.95 bits per heavy atom. The lowest BCUT2D eigenvalue weighted by molar-refractivity contribution is 0.420. The van der Waals surface area contributed by atoms with Crippen LogP contribution in [0.3, 0.4) is 0 Å². The molecular formula is C16H16N2O. The van der Waals surface area contributed by atoms with E-state index in [-0.39, 0.29) is 0 Å². The summed E-state index contributed by atoms with van der Waals surface area (Å²) in [5.41, 5.74) is 5.29. The van der Waals surface area contributed by atoms with Gasteiger partial charge in [0.05, 0.1) is 5.52 Å². The summed E-state index contributed by atoms with van der Waals surface area (Å²) >= 11 is 0. The van der Waals surface area contributed by atoms with Crippen molar-refractivity contribution in [3.63, 3.8) is 0 Å². The van der Waals surface area contributed by atoms with Crippen LogP contribution in [0.25, 0.3) is 22.2 Å². The molecule has 0 spiro atoms. The average molecular weight is 252 g/mol. The molecule has 3 nitrogen and oxygen atoms in total. The van der Waals surface area contributed by atoms with Crippen LogP contribution in [-0.2, 0) is 0 Å². The number of rotatable bonds is 2. The number of benzene rings is 1. The van der Waals surface area contributed by atoms with Gasteiger partial charge in [0.15, 0.2) is 0 Å². The molecule has 0 radical (unpaired) electrons. The first-order valence-corrected chi connectivity index (χ1v) is 6.47. The van der Waals surface area contributed by atoms with Crippen LogP contribution in [0.5, 0.6) is 0 Å². The molecule has 0 bridgehead atoms. The van der Waals surface area contributed by atoms with Gasteiger partial charge in [-0.15, -0.1) is 0 Å². The van der Waals surface area contributed by atoms with Crippen LogP contribution in [0.4, 0.5) is 0 Å². The molecule has 19 heavy (non-hydrogen) atoms. The van der Waals surface area contributed by atoms with Crippen molar-refractivity contribution in [2.24, 2.45) is 0 Å². The summed E-state index contributed by atoms with van der Waals surface area (Å²) in [5.74, 6) is 0.382. The van der Waals surface area contributed by atoms with E-state index in [4.69, 9.17) is 4.52 Å². The molecule has 96 valence electrons. The second-order valence-electron chi connectivity index (χ2n) is 5.09. The Kier molecular flexibility index (Phi) is 2.82. The Labute approximate surface area is 112 Å². The fraction of sp³-hybridized carbons (Fsp3) is 0.250. The van der Waals surface area contributed by atoms with Crippen molar-refractivity contribution in [2.45, 2.75) is 26.7 Å². The standard InChI is InChI=1S/C16H16N2O/c1-10(2)14-9-19-18-16(14)13-8-17-15-7-5-4-6-12(15)11(13)3/h4-10H,1-3H3. The van der Waals surface area contributed by atoms with Crippen molar-refractivity contribution >= 4 is 10.9 Å². The third kappa shape index (κ3) is 1.91. The van der Waals surface area contributed by atoms with Crippen LogP contribution in [0.15, 0.2) is 41.2 Å². The monoisotopic (exact) mass is 252 g/mol. The Morgan fingerprint density at radius 3 is 2.74 bits per heavy atom. The molecule has 1 aromatic carbocycles. The van der Waals surface area contributed by atoms with Gasteiger partial charge >= 0.3 is 0 Å². The Balaban J connectivity index is 2.26. The van der Waals surface area contributed by atoms with Gasteiger partial charge in [-0.3, -0.25) is 4.98 Å². The van der Waals surface area contributed by atoms with E-state index in [0.717, 1.165) is 27.7 Å². The van der Waals surface area contributed by atoms with Gasteiger partial charge in [-0.1, -0.05) is 37.2 Å². The lowest BCUT2D eigenvalue weighted by Gasteiger charge is -2.09. The molecule has 0 aliphatic rings. The van der Waals surface area contributed by atoms with Crippen LogP contribution in [-0.4, -0.2) is 10.1 Å². The minimum Gasteiger partial charge on any atom is -0.364 e. The van der Waals surface area contributed by atoms with E-state index in [1.54, 1.807) is 6.26 Å². The molecule has 2 heterocycles. The minimum absolute atomic E-state index is 0.382. The predicted octanol–water partition coefficient (Wildman–Crippen LogP) is 4.32. The van der Waals surface area contributed by atoms with Gasteiger partial charge in [-0.2, -0.15) is 0 Å². The number of hydrogen-bond acceptors (Lipinski definition) is 3. The highest BCUT2D eigenvalue weighted by molar-refractivity contribution is 5.87. The normalized spacial score (nSPS) is 11.4. The number of aryl methyl sites for hydroxylation is 1. The molecule has 0 aliphatic heterocycles. The highest BCUT2D eigenvalue weighted by atomic mass is 16.5. The molecule has 0 N–H and O–H groups in total. The zero-order valence-corrected chi connectivity index (χ0v) is 11.3. The smallest absolute Gasteiger partial charge is 0.127 e. The molecule has 0 atom stereocenters. The summed E-state index contributed by atoms with van der Waals surface area (Å²) in [5, 5.41) is 5.32. The molecule has 0 saturated heterocycles. The first-order valence-electron chi connectivity index (χ1n) is 6.47. The predicted molar refractivity (Wildman–Crippen MR) is 76.1 cm³/mol. The average Bonchev–Trinajstić information content (AvgIpc) is 2.89. The number of hydrogen-bond donors (Lipinski definition) is 0. The third-order valence-electron chi connectivity index (χ3n) is 3.52. The number of nitrogens with zero attached hydrogens (tertiary/aromatic N) is 2. The van der Waals surface area contributed by atoms with Gasteiger partial charge in [0.2, 0.25) is 0 Å². The van der Waals surface area contributed by atoms with Crippen LogP contribution < -0.4 is 0 Å². The fourth-order valence-corrected chi connectivity index (χ4v) is 2.38. The molecule has 0 saturated carbocycles. The molecule has 0 amide bonds. The molecule has 0 unspecified atom stereocenters. The number of para-hydroxylation sites is 1. The largest absolute Gasteiger partial charge is 0.364 e. The summed E-state index contributed by atoms with van der Waals surface area (Å²) in [6, 6.07) is 8.16. The molecule has 3 heteroatoms. The summed E-state index contributed by atoms with van der Waals surface area (Å²) in [6.07, 6.45) is 3.62. The summed E-state index contributed by atoms with van der Waals surface area (Å²) in [7, 11) is 0. The maximum absolute atomic E-state index is 5.15. The Morgan fingerprint density at radius 1 is 1.16 bits per heavy atom. The number of fused-ring (bicyclic) bond motifs is 1. The van der Waals surface area contributed by atoms with Gasteiger partial charge in [0.1, 0.15) is 12.0 Å². The molecule has 0 aliphatic carbocycles. The highest BCUT2D eigenvalue weighted by Gasteiger charge is 2.16. The van der Waals surface area contributed by atoms with Gasteiger partial charge in [0, 0.05) is 22.7 Å². The van der Waals surface area contributed by atoms with E-state index < -0.39 is 0 Å². The maximum Gasteiger partial charge on any atom is 0.127 e. The number of pyridine rings is 1. The van der Waals surface area contributed by atoms with Crippen LogP contribution in [0.1, 0.15) is 30.9 Å². The Hall–Kier alpha value is -2.16. The van der Waals surface area contributed by atoms with E-state index in [1.807, 2.05) is 24.4 Å². The van der Waals surface area contributed by atoms with Crippen molar-refractivity contribution < 1.29 is 4.52 Å². The lowest BCUT2D eigenvalue weighted by atomic mass is 9.96. The highest BCUT2D eigenvalue weighted by Crippen LogP contribution is 2.32. The van der Waals surface area contributed by atoms with Crippen LogP contribution in [0, 0.1) is 6.92 Å². The second kappa shape index (κ2) is 4.50. The van der Waals surface area contributed by atoms with Crippen LogP contribution >= 0.6 is 0 Å². The third-order valence-corrected chi connectivity index (χ3v) is 3.52. The molecule has 2 aromatic heterocycles. The first kappa shape index (κ1) is 11.9. The summed E-state index contributed by atoms with van der Waals surface area (Å²) < 4.78 is 5.15. The van der Waals surface area contributed by atoms with E-state index in [2.05, 4.69) is 37.0 Å². The van der Waals surface area contributed by atoms with E-state index >= 15 is 0 Å². The van der Waals surface area contributed by atoms with Gasteiger partial charge in [-0.05, 0) is 24.5 Å². The van der Waals surface area contributed by atoms with Gasteiger partial charge in [0.25, 0.3) is 0 Å². The quantitative estimate of drug-likeness (QED) is 0.681. The first-order chi connectivity index (χ1) is 9.18. The molecule has 3 rings (SSSR count). The van der Waals surface area contributed by atoms with Gasteiger partial charge in [-0.25, -0.2) is 0 Å². The summed E-state index contributed by atoms with van der Waals surface area (Å²) in [4.78, 5) is 4.52. The SMILES string of the molecule is Cc1c(-c2nocc2C(C)C)cnc2ccccc12. The van der Waals surface area contributed by atoms with Crippen molar-refractivity contribution in [1.29, 1.82) is 0 Å². The van der Waals surface area contributed by atoms with Crippen molar-refractivity contribution in [3.8, 4) is 11.3 Å². The van der Waals surface area contributed by atoms with Crippen molar-refractivity contribution in [1.82, 2.24) is 10.1 Å². The lowest BCUT2D eigenvalue weighted by Crippen LogP contribution is -1.93. The second-order valence-corrected chi connectivity index (χ2v) is 5.09. The molecule has 3 aromatic rings. The molecular weight excluding hydrogens is 236 g/mol. The van der Waals surface area contributed by atoms with E-state index in [0.29, 0.717) is 5.92 Å². The maximum atomic E-state index is 5.15. The minimum atomic E-state index is 0.382. The Bertz CT molecular complexity index is 728. The number of aromatic nitrogens is 2.